The van der Waals surface area contributed by atoms with Gasteiger partial charge in [-0.25, -0.2) is 4.98 Å². The third-order valence-electron chi connectivity index (χ3n) is 4.50. The summed E-state index contributed by atoms with van der Waals surface area (Å²) in [4.78, 5) is 12.5. The first kappa shape index (κ1) is 18.2. The zero-order chi connectivity index (χ0) is 16.9. The first-order valence-corrected chi connectivity index (χ1v) is 9.33. The predicted octanol–water partition coefficient (Wildman–Crippen LogP) is 2.63. The SMILES string of the molecule is CN=C(NCc1ncc(C)s1)NCC(C)(C)N1CCCC(C)C1. The van der Waals surface area contributed by atoms with Gasteiger partial charge in [-0.15, -0.1) is 11.3 Å². The summed E-state index contributed by atoms with van der Waals surface area (Å²) in [5.74, 6) is 1.64. The summed E-state index contributed by atoms with van der Waals surface area (Å²) >= 11 is 1.72. The molecule has 0 aliphatic carbocycles. The highest BCUT2D eigenvalue weighted by atomic mass is 32.1. The maximum Gasteiger partial charge on any atom is 0.191 e. The maximum absolute atomic E-state index is 4.38. The highest BCUT2D eigenvalue weighted by molar-refractivity contribution is 7.11. The molecule has 1 fully saturated rings. The third-order valence-corrected chi connectivity index (χ3v) is 5.41. The van der Waals surface area contributed by atoms with Crippen LogP contribution in [-0.2, 0) is 6.54 Å². The van der Waals surface area contributed by atoms with Gasteiger partial charge in [-0.05, 0) is 46.1 Å². The van der Waals surface area contributed by atoms with Gasteiger partial charge in [0.05, 0.1) is 6.54 Å². The summed E-state index contributed by atoms with van der Waals surface area (Å²) < 4.78 is 0. The van der Waals surface area contributed by atoms with Gasteiger partial charge in [0.1, 0.15) is 5.01 Å². The van der Waals surface area contributed by atoms with E-state index in [4.69, 9.17) is 0 Å². The van der Waals surface area contributed by atoms with Gasteiger partial charge in [-0.2, -0.15) is 0 Å². The number of hydrogen-bond acceptors (Lipinski definition) is 4. The van der Waals surface area contributed by atoms with E-state index < -0.39 is 0 Å². The second kappa shape index (κ2) is 8.11. The van der Waals surface area contributed by atoms with Crippen LogP contribution in [0.25, 0.3) is 0 Å². The second-order valence-electron chi connectivity index (χ2n) is 7.15. The number of guanidine groups is 1. The summed E-state index contributed by atoms with van der Waals surface area (Å²) in [7, 11) is 1.82. The molecule has 0 aromatic carbocycles. The molecule has 1 aromatic heterocycles. The molecular weight excluding hydrogens is 306 g/mol. The molecule has 0 bridgehead atoms. The Kier molecular flexibility index (Phi) is 6.41. The number of thiazole rings is 1. The highest BCUT2D eigenvalue weighted by Gasteiger charge is 2.30. The number of likely N-dealkylation sites (tertiary alicyclic amines) is 1. The largest absolute Gasteiger partial charge is 0.355 e. The van der Waals surface area contributed by atoms with E-state index in [0.717, 1.165) is 30.0 Å². The molecule has 1 aromatic rings. The number of nitrogens with zero attached hydrogens (tertiary/aromatic N) is 3. The van der Waals surface area contributed by atoms with E-state index in [0.29, 0.717) is 0 Å². The maximum atomic E-state index is 4.38. The molecule has 1 aliphatic heterocycles. The molecule has 5 nitrogen and oxygen atoms in total. The fourth-order valence-corrected chi connectivity index (χ4v) is 3.74. The Balaban J connectivity index is 1.81. The fraction of sp³-hybridized carbons (Fsp3) is 0.765. The number of rotatable bonds is 5. The molecule has 1 unspecified atom stereocenters. The van der Waals surface area contributed by atoms with Crippen molar-refractivity contribution in [1.29, 1.82) is 0 Å². The number of aromatic nitrogens is 1. The molecule has 23 heavy (non-hydrogen) atoms. The van der Waals surface area contributed by atoms with E-state index >= 15 is 0 Å². The standard InChI is InChI=1S/C17H31N5S/c1-13-7-6-8-22(11-13)17(3,4)12-21-16(18-5)20-10-15-19-9-14(2)23-15/h9,13H,6-8,10-12H2,1-5H3,(H2,18,20,21). The Morgan fingerprint density at radius 3 is 2.87 bits per heavy atom. The van der Waals surface area contributed by atoms with E-state index in [1.807, 2.05) is 13.2 Å². The normalized spacial score (nSPS) is 20.6. The molecule has 1 atom stereocenters. The lowest BCUT2D eigenvalue weighted by molar-refractivity contribution is 0.0739. The lowest BCUT2D eigenvalue weighted by Gasteiger charge is -2.43. The van der Waals surface area contributed by atoms with Gasteiger partial charge in [0, 0.05) is 36.8 Å². The smallest absolute Gasteiger partial charge is 0.191 e. The second-order valence-corrected chi connectivity index (χ2v) is 8.47. The molecule has 2 rings (SSSR count). The van der Waals surface area contributed by atoms with Crippen LogP contribution in [0, 0.1) is 12.8 Å². The minimum absolute atomic E-state index is 0.129. The van der Waals surface area contributed by atoms with Crippen LogP contribution >= 0.6 is 11.3 Å². The summed E-state index contributed by atoms with van der Waals surface area (Å²) in [5.41, 5.74) is 0.129. The van der Waals surface area contributed by atoms with Crippen molar-refractivity contribution in [2.45, 2.75) is 52.6 Å². The van der Waals surface area contributed by atoms with Crippen molar-refractivity contribution in [1.82, 2.24) is 20.5 Å². The Bertz CT molecular complexity index is 523. The Hall–Kier alpha value is -1.14. The van der Waals surface area contributed by atoms with Crippen LogP contribution in [0.5, 0.6) is 0 Å². The molecular formula is C17H31N5S. The summed E-state index contributed by atoms with van der Waals surface area (Å²) in [6, 6.07) is 0. The minimum atomic E-state index is 0.129. The van der Waals surface area contributed by atoms with Crippen LogP contribution in [0.3, 0.4) is 0 Å². The van der Waals surface area contributed by atoms with Crippen molar-refractivity contribution < 1.29 is 0 Å². The molecule has 0 spiro atoms. The van der Waals surface area contributed by atoms with E-state index in [1.165, 1.54) is 30.8 Å². The van der Waals surface area contributed by atoms with Crippen LogP contribution in [0.4, 0.5) is 0 Å². The molecule has 0 saturated carbocycles. The number of aliphatic imine (C=N–C) groups is 1. The molecule has 2 N–H and O–H groups in total. The number of nitrogens with one attached hydrogen (secondary N) is 2. The van der Waals surface area contributed by atoms with E-state index in [9.17, 15) is 0 Å². The van der Waals surface area contributed by atoms with Crippen LogP contribution in [0.2, 0.25) is 0 Å². The van der Waals surface area contributed by atoms with Gasteiger partial charge in [-0.1, -0.05) is 6.92 Å². The van der Waals surface area contributed by atoms with Crippen molar-refractivity contribution >= 4 is 17.3 Å². The molecule has 0 amide bonds. The van der Waals surface area contributed by atoms with Gasteiger partial charge in [-0.3, -0.25) is 9.89 Å². The van der Waals surface area contributed by atoms with Crippen LogP contribution in [0.1, 0.15) is 43.5 Å². The summed E-state index contributed by atoms with van der Waals surface area (Å²) in [6.07, 6.45) is 4.58. The monoisotopic (exact) mass is 337 g/mol. The van der Waals surface area contributed by atoms with Crippen LogP contribution in [0.15, 0.2) is 11.2 Å². The Morgan fingerprint density at radius 2 is 2.26 bits per heavy atom. The van der Waals surface area contributed by atoms with Gasteiger partial charge in [0.2, 0.25) is 0 Å². The molecule has 6 heteroatoms. The number of piperidine rings is 1. The first-order valence-electron chi connectivity index (χ1n) is 8.51. The molecule has 0 radical (unpaired) electrons. The predicted molar refractivity (Wildman–Crippen MR) is 99.1 cm³/mol. The lowest BCUT2D eigenvalue weighted by atomic mass is 9.93. The number of aryl methyl sites for hydroxylation is 1. The van der Waals surface area contributed by atoms with Crippen molar-refractivity contribution in [3.8, 4) is 0 Å². The fourth-order valence-electron chi connectivity index (χ4n) is 3.01. The third kappa shape index (κ3) is 5.46. The Morgan fingerprint density at radius 1 is 1.48 bits per heavy atom. The minimum Gasteiger partial charge on any atom is -0.355 e. The van der Waals surface area contributed by atoms with Crippen molar-refractivity contribution in [2.75, 3.05) is 26.7 Å². The zero-order valence-electron chi connectivity index (χ0n) is 15.1. The summed E-state index contributed by atoms with van der Waals surface area (Å²) in [6.45, 7) is 13.1. The quantitative estimate of drug-likeness (QED) is 0.641. The average molecular weight is 338 g/mol. The number of hydrogen-bond donors (Lipinski definition) is 2. The topological polar surface area (TPSA) is 52.6 Å². The molecule has 1 saturated heterocycles. The van der Waals surface area contributed by atoms with E-state index in [2.05, 4.69) is 53.2 Å². The highest BCUT2D eigenvalue weighted by Crippen LogP contribution is 2.23. The molecule has 1 aliphatic rings. The average Bonchev–Trinajstić information content (AvgIpc) is 2.93. The van der Waals surface area contributed by atoms with E-state index in [1.54, 1.807) is 11.3 Å². The molecule has 130 valence electrons. The van der Waals surface area contributed by atoms with Crippen molar-refractivity contribution in [2.24, 2.45) is 10.9 Å². The van der Waals surface area contributed by atoms with Gasteiger partial charge < -0.3 is 10.6 Å². The van der Waals surface area contributed by atoms with Gasteiger partial charge >= 0.3 is 0 Å². The Labute approximate surface area is 144 Å². The summed E-state index contributed by atoms with van der Waals surface area (Å²) in [5, 5.41) is 7.92. The van der Waals surface area contributed by atoms with Crippen LogP contribution < -0.4 is 10.6 Å². The first-order chi connectivity index (χ1) is 10.9. The molecule has 2 heterocycles. The van der Waals surface area contributed by atoms with Gasteiger partial charge in [0.15, 0.2) is 5.96 Å². The zero-order valence-corrected chi connectivity index (χ0v) is 16.0. The van der Waals surface area contributed by atoms with Crippen LogP contribution in [-0.4, -0.2) is 48.1 Å². The van der Waals surface area contributed by atoms with E-state index in [-0.39, 0.29) is 5.54 Å². The van der Waals surface area contributed by atoms with Crippen molar-refractivity contribution in [3.63, 3.8) is 0 Å². The lowest BCUT2D eigenvalue weighted by Crippen LogP contribution is -2.55. The van der Waals surface area contributed by atoms with Gasteiger partial charge in [0.25, 0.3) is 0 Å². The van der Waals surface area contributed by atoms with Crippen molar-refractivity contribution in [3.05, 3.63) is 16.1 Å².